The van der Waals surface area contributed by atoms with Gasteiger partial charge >= 0.3 is 0 Å². The first-order chi connectivity index (χ1) is 6.80. The van der Waals surface area contributed by atoms with Gasteiger partial charge in [0.05, 0.1) is 9.21 Å². The van der Waals surface area contributed by atoms with Gasteiger partial charge in [-0.05, 0) is 24.5 Å². The van der Waals surface area contributed by atoms with E-state index < -0.39 is 0 Å². The molecule has 84 valence electrons. The van der Waals surface area contributed by atoms with Crippen LogP contribution in [0.5, 0.6) is 0 Å². The second-order valence-corrected chi connectivity index (χ2v) is 6.38. The second kappa shape index (κ2) is 4.54. The van der Waals surface area contributed by atoms with Gasteiger partial charge in [-0.25, -0.2) is 0 Å². The Labute approximate surface area is 99.6 Å². The maximum Gasteiger partial charge on any atom is 0.261 e. The molecule has 0 spiro atoms. The van der Waals surface area contributed by atoms with Crippen molar-refractivity contribution in [3.63, 3.8) is 0 Å². The molecule has 1 aromatic heterocycles. The summed E-state index contributed by atoms with van der Waals surface area (Å²) >= 11 is 7.07. The highest BCUT2D eigenvalue weighted by Crippen LogP contribution is 2.23. The number of thiophene rings is 1. The summed E-state index contributed by atoms with van der Waals surface area (Å²) in [6, 6.07) is 3.62. The normalized spacial score (nSPS) is 13.7. The first-order valence-electron chi connectivity index (χ1n) is 4.87. The molecule has 0 aromatic carbocycles. The number of hydrogen-bond acceptors (Lipinski definition) is 2. The molecule has 0 aliphatic rings. The molecule has 0 aliphatic carbocycles. The maximum atomic E-state index is 11.8. The highest BCUT2D eigenvalue weighted by molar-refractivity contribution is 7.17. The molecule has 0 saturated heterocycles. The number of carbonyl (C=O) groups is 1. The number of rotatable bonds is 2. The van der Waals surface area contributed by atoms with Crippen LogP contribution in [-0.4, -0.2) is 11.9 Å². The van der Waals surface area contributed by atoms with Gasteiger partial charge in [-0.15, -0.1) is 11.3 Å². The Morgan fingerprint density at radius 3 is 2.47 bits per heavy atom. The monoisotopic (exact) mass is 245 g/mol. The first kappa shape index (κ1) is 12.5. The Kier molecular flexibility index (Phi) is 3.79. The molecule has 0 bridgehead atoms. The molecule has 1 rings (SSSR count). The quantitative estimate of drug-likeness (QED) is 0.848. The van der Waals surface area contributed by atoms with Gasteiger partial charge in [0, 0.05) is 6.04 Å². The zero-order chi connectivity index (χ0) is 11.6. The van der Waals surface area contributed by atoms with Gasteiger partial charge in [0.15, 0.2) is 0 Å². The van der Waals surface area contributed by atoms with E-state index in [-0.39, 0.29) is 17.4 Å². The number of carbonyl (C=O) groups excluding carboxylic acids is 1. The Morgan fingerprint density at radius 1 is 1.47 bits per heavy atom. The van der Waals surface area contributed by atoms with Gasteiger partial charge in [-0.1, -0.05) is 32.4 Å². The van der Waals surface area contributed by atoms with E-state index in [1.807, 2.05) is 6.92 Å². The Bertz CT molecular complexity index is 354. The van der Waals surface area contributed by atoms with Crippen molar-refractivity contribution in [1.82, 2.24) is 5.32 Å². The Balaban J connectivity index is 2.64. The fraction of sp³-hybridized carbons (Fsp3) is 0.545. The summed E-state index contributed by atoms with van der Waals surface area (Å²) in [5.41, 5.74) is 0.0662. The number of halogens is 1. The topological polar surface area (TPSA) is 29.1 Å². The highest BCUT2D eigenvalue weighted by atomic mass is 35.5. The molecule has 1 atom stereocenters. The van der Waals surface area contributed by atoms with Gasteiger partial charge in [0.1, 0.15) is 0 Å². The summed E-state index contributed by atoms with van der Waals surface area (Å²) in [6.45, 7) is 8.30. The van der Waals surface area contributed by atoms with Crippen LogP contribution in [0.25, 0.3) is 0 Å². The third-order valence-corrected chi connectivity index (χ3v) is 3.67. The zero-order valence-electron chi connectivity index (χ0n) is 9.43. The fourth-order valence-corrected chi connectivity index (χ4v) is 1.87. The third kappa shape index (κ3) is 3.50. The zero-order valence-corrected chi connectivity index (χ0v) is 11.0. The van der Waals surface area contributed by atoms with E-state index in [1.54, 1.807) is 12.1 Å². The van der Waals surface area contributed by atoms with E-state index in [0.29, 0.717) is 9.21 Å². The van der Waals surface area contributed by atoms with Crippen LogP contribution in [0.3, 0.4) is 0 Å². The molecule has 0 unspecified atom stereocenters. The molecular weight excluding hydrogens is 230 g/mol. The largest absolute Gasteiger partial charge is 0.348 e. The molecule has 1 amide bonds. The second-order valence-electron chi connectivity index (χ2n) is 4.66. The number of amides is 1. The SMILES string of the molecule is C[C@@H](NC(=O)c1ccc(Cl)s1)C(C)(C)C. The highest BCUT2D eigenvalue weighted by Gasteiger charge is 2.22. The summed E-state index contributed by atoms with van der Waals surface area (Å²) in [4.78, 5) is 12.4. The van der Waals surface area contributed by atoms with Gasteiger partial charge in [0.2, 0.25) is 0 Å². The van der Waals surface area contributed by atoms with Crippen LogP contribution in [0.4, 0.5) is 0 Å². The van der Waals surface area contributed by atoms with E-state index in [0.717, 1.165) is 0 Å². The molecular formula is C11H16ClNOS. The summed E-state index contributed by atoms with van der Waals surface area (Å²) in [5, 5.41) is 2.96. The predicted molar refractivity (Wildman–Crippen MR) is 65.7 cm³/mol. The third-order valence-electron chi connectivity index (χ3n) is 2.44. The molecule has 0 radical (unpaired) electrons. The summed E-state index contributed by atoms with van der Waals surface area (Å²) in [7, 11) is 0. The van der Waals surface area contributed by atoms with Crippen molar-refractivity contribution >= 4 is 28.8 Å². The standard InChI is InChI=1S/C11H16ClNOS/c1-7(11(2,3)4)13-10(14)8-5-6-9(12)15-8/h5-7H,1-4H3,(H,13,14)/t7-/m1/s1. The number of hydrogen-bond donors (Lipinski definition) is 1. The average Bonchev–Trinajstić information content (AvgIpc) is 2.50. The summed E-state index contributed by atoms with van der Waals surface area (Å²) in [6.07, 6.45) is 0. The van der Waals surface area contributed by atoms with Crippen LogP contribution < -0.4 is 5.32 Å². The molecule has 1 aromatic rings. The van der Waals surface area contributed by atoms with Gasteiger partial charge in [0.25, 0.3) is 5.91 Å². The van der Waals surface area contributed by atoms with E-state index in [4.69, 9.17) is 11.6 Å². The van der Waals surface area contributed by atoms with Gasteiger partial charge < -0.3 is 5.32 Å². The van der Waals surface area contributed by atoms with E-state index in [1.165, 1.54) is 11.3 Å². The maximum absolute atomic E-state index is 11.8. The smallest absolute Gasteiger partial charge is 0.261 e. The lowest BCUT2D eigenvalue weighted by molar-refractivity contribution is 0.0914. The van der Waals surface area contributed by atoms with Gasteiger partial charge in [-0.3, -0.25) is 4.79 Å². The van der Waals surface area contributed by atoms with Crippen molar-refractivity contribution in [1.29, 1.82) is 0 Å². The molecule has 2 nitrogen and oxygen atoms in total. The van der Waals surface area contributed by atoms with Crippen molar-refractivity contribution in [2.45, 2.75) is 33.7 Å². The summed E-state index contributed by atoms with van der Waals surface area (Å²) in [5.74, 6) is -0.0469. The molecule has 1 heterocycles. The minimum Gasteiger partial charge on any atom is -0.348 e. The molecule has 15 heavy (non-hydrogen) atoms. The lowest BCUT2D eigenvalue weighted by Gasteiger charge is -2.27. The Hall–Kier alpha value is -0.540. The molecule has 4 heteroatoms. The van der Waals surface area contributed by atoms with Crippen molar-refractivity contribution in [2.75, 3.05) is 0 Å². The number of nitrogens with one attached hydrogen (secondary N) is 1. The van der Waals surface area contributed by atoms with Crippen molar-refractivity contribution in [2.24, 2.45) is 5.41 Å². The minimum absolute atomic E-state index is 0.0469. The first-order valence-corrected chi connectivity index (χ1v) is 6.06. The van der Waals surface area contributed by atoms with Crippen molar-refractivity contribution < 1.29 is 4.79 Å². The van der Waals surface area contributed by atoms with Gasteiger partial charge in [-0.2, -0.15) is 0 Å². The van der Waals surface area contributed by atoms with Crippen molar-refractivity contribution in [3.8, 4) is 0 Å². The van der Waals surface area contributed by atoms with E-state index >= 15 is 0 Å². The fourth-order valence-electron chi connectivity index (χ4n) is 0.921. The summed E-state index contributed by atoms with van der Waals surface area (Å²) < 4.78 is 0.642. The van der Waals surface area contributed by atoms with Crippen LogP contribution in [0, 0.1) is 5.41 Å². The lowest BCUT2D eigenvalue weighted by Crippen LogP contribution is -2.41. The molecule has 0 aliphatic heterocycles. The lowest BCUT2D eigenvalue weighted by atomic mass is 9.88. The molecule has 1 N–H and O–H groups in total. The van der Waals surface area contributed by atoms with E-state index in [9.17, 15) is 4.79 Å². The molecule has 0 saturated carbocycles. The van der Waals surface area contributed by atoms with Crippen molar-refractivity contribution in [3.05, 3.63) is 21.3 Å². The minimum atomic E-state index is -0.0469. The Morgan fingerprint density at radius 2 is 2.07 bits per heavy atom. The van der Waals surface area contributed by atoms with E-state index in [2.05, 4.69) is 26.1 Å². The van der Waals surface area contributed by atoms with Crippen LogP contribution in [0.2, 0.25) is 4.34 Å². The van der Waals surface area contributed by atoms with Crippen LogP contribution in [-0.2, 0) is 0 Å². The average molecular weight is 246 g/mol. The molecule has 0 fully saturated rings. The van der Waals surface area contributed by atoms with Crippen LogP contribution >= 0.6 is 22.9 Å². The van der Waals surface area contributed by atoms with Crippen LogP contribution in [0.15, 0.2) is 12.1 Å². The van der Waals surface area contributed by atoms with Crippen LogP contribution in [0.1, 0.15) is 37.4 Å². The predicted octanol–water partition coefficient (Wildman–Crippen LogP) is 3.57.